The van der Waals surface area contributed by atoms with Crippen LogP contribution in [0.25, 0.3) is 0 Å². The number of nitrogen functional groups attached to an aromatic ring is 1. The van der Waals surface area contributed by atoms with Gasteiger partial charge >= 0.3 is 0 Å². The number of thioether (sulfide) groups is 1. The molecule has 2 N–H and O–H groups in total. The molecule has 0 aliphatic carbocycles. The van der Waals surface area contributed by atoms with Crippen LogP contribution >= 0.6 is 27.7 Å². The van der Waals surface area contributed by atoms with E-state index in [4.69, 9.17) is 5.73 Å². The topological polar surface area (TPSA) is 46.3 Å². The molecule has 20 heavy (non-hydrogen) atoms. The standard InChI is InChI=1S/C15H15BrN2OS/c1-18(12-5-3-2-4-6-12)15(19)10-20-14-8-7-11(16)9-13(14)17/h2-9H,10,17H2,1H3. The maximum absolute atomic E-state index is 12.2. The van der Waals surface area contributed by atoms with Gasteiger partial charge in [0.2, 0.25) is 5.91 Å². The Morgan fingerprint density at radius 1 is 1.25 bits per heavy atom. The lowest BCUT2D eigenvalue weighted by Gasteiger charge is -2.17. The summed E-state index contributed by atoms with van der Waals surface area (Å²) in [6.45, 7) is 0. The third-order valence-corrected chi connectivity index (χ3v) is 4.41. The van der Waals surface area contributed by atoms with E-state index in [-0.39, 0.29) is 5.91 Å². The van der Waals surface area contributed by atoms with Crippen molar-refractivity contribution in [2.75, 3.05) is 23.4 Å². The number of nitrogens with two attached hydrogens (primary N) is 1. The molecule has 0 heterocycles. The molecule has 0 saturated carbocycles. The fourth-order valence-electron chi connectivity index (χ4n) is 1.68. The van der Waals surface area contributed by atoms with E-state index in [1.165, 1.54) is 11.8 Å². The van der Waals surface area contributed by atoms with E-state index in [1.807, 2.05) is 48.5 Å². The van der Waals surface area contributed by atoms with E-state index in [1.54, 1.807) is 11.9 Å². The molecule has 0 unspecified atom stereocenters. The number of carbonyl (C=O) groups excluding carboxylic acids is 1. The summed E-state index contributed by atoms with van der Waals surface area (Å²) >= 11 is 4.82. The molecular weight excluding hydrogens is 336 g/mol. The first-order valence-corrected chi connectivity index (χ1v) is 7.85. The smallest absolute Gasteiger partial charge is 0.237 e. The van der Waals surface area contributed by atoms with Crippen LogP contribution in [-0.4, -0.2) is 18.7 Å². The van der Waals surface area contributed by atoms with Gasteiger partial charge in [-0.05, 0) is 30.3 Å². The van der Waals surface area contributed by atoms with Crippen LogP contribution in [0.2, 0.25) is 0 Å². The quantitative estimate of drug-likeness (QED) is 0.674. The van der Waals surface area contributed by atoms with Crippen LogP contribution in [0, 0.1) is 0 Å². The summed E-state index contributed by atoms with van der Waals surface area (Å²) in [6, 6.07) is 15.3. The average Bonchev–Trinajstić information content (AvgIpc) is 2.46. The first-order chi connectivity index (χ1) is 9.58. The van der Waals surface area contributed by atoms with E-state index >= 15 is 0 Å². The number of hydrogen-bond donors (Lipinski definition) is 1. The number of amides is 1. The Kier molecular flexibility index (Phi) is 5.09. The predicted molar refractivity (Wildman–Crippen MR) is 89.1 cm³/mol. The van der Waals surface area contributed by atoms with Gasteiger partial charge in [0.05, 0.1) is 5.75 Å². The molecule has 0 spiro atoms. The second-order valence-electron chi connectivity index (χ2n) is 4.26. The fraction of sp³-hybridized carbons (Fsp3) is 0.133. The Bertz CT molecular complexity index is 604. The lowest BCUT2D eigenvalue weighted by molar-refractivity contribution is -0.115. The van der Waals surface area contributed by atoms with Crippen molar-refractivity contribution < 1.29 is 4.79 Å². The summed E-state index contributed by atoms with van der Waals surface area (Å²) in [5.41, 5.74) is 7.49. The fourth-order valence-corrected chi connectivity index (χ4v) is 2.92. The van der Waals surface area contributed by atoms with E-state index in [9.17, 15) is 4.79 Å². The molecule has 0 radical (unpaired) electrons. The SMILES string of the molecule is CN(C(=O)CSc1ccc(Br)cc1N)c1ccccc1. The summed E-state index contributed by atoms with van der Waals surface area (Å²) in [5.74, 6) is 0.403. The van der Waals surface area contributed by atoms with Gasteiger partial charge in [-0.1, -0.05) is 34.1 Å². The molecular formula is C15H15BrN2OS. The highest BCUT2D eigenvalue weighted by Gasteiger charge is 2.11. The summed E-state index contributed by atoms with van der Waals surface area (Å²) in [7, 11) is 1.78. The van der Waals surface area contributed by atoms with E-state index in [0.29, 0.717) is 11.4 Å². The maximum atomic E-state index is 12.2. The zero-order chi connectivity index (χ0) is 14.5. The molecule has 1 amide bonds. The highest BCUT2D eigenvalue weighted by Crippen LogP contribution is 2.28. The Balaban J connectivity index is 1.98. The van der Waals surface area contributed by atoms with Gasteiger partial charge in [-0.25, -0.2) is 0 Å². The molecule has 0 fully saturated rings. The van der Waals surface area contributed by atoms with E-state index < -0.39 is 0 Å². The van der Waals surface area contributed by atoms with Crippen LogP contribution in [0.15, 0.2) is 57.9 Å². The van der Waals surface area contributed by atoms with Crippen molar-refractivity contribution in [2.24, 2.45) is 0 Å². The van der Waals surface area contributed by atoms with Crippen LogP contribution in [0.4, 0.5) is 11.4 Å². The van der Waals surface area contributed by atoms with Crippen molar-refractivity contribution in [3.8, 4) is 0 Å². The number of halogens is 1. The summed E-state index contributed by atoms with van der Waals surface area (Å²) in [6.07, 6.45) is 0. The number of carbonyl (C=O) groups is 1. The molecule has 0 saturated heterocycles. The first kappa shape index (κ1) is 14.9. The van der Waals surface area contributed by atoms with Crippen LogP contribution in [0.1, 0.15) is 0 Å². The summed E-state index contributed by atoms with van der Waals surface area (Å²) in [4.78, 5) is 14.7. The Hall–Kier alpha value is -1.46. The molecule has 104 valence electrons. The molecule has 0 aromatic heterocycles. The van der Waals surface area contributed by atoms with Crippen LogP contribution < -0.4 is 10.6 Å². The molecule has 3 nitrogen and oxygen atoms in total. The van der Waals surface area contributed by atoms with Gasteiger partial charge in [-0.2, -0.15) is 0 Å². The third kappa shape index (κ3) is 3.77. The molecule has 2 aromatic rings. The molecule has 5 heteroatoms. The third-order valence-electron chi connectivity index (χ3n) is 2.84. The minimum atomic E-state index is 0.0449. The van der Waals surface area contributed by atoms with Gasteiger partial charge in [0.1, 0.15) is 0 Å². The van der Waals surface area contributed by atoms with Crippen molar-refractivity contribution in [2.45, 2.75) is 4.90 Å². The highest BCUT2D eigenvalue weighted by molar-refractivity contribution is 9.10. The summed E-state index contributed by atoms with van der Waals surface area (Å²) < 4.78 is 0.937. The van der Waals surface area contributed by atoms with Crippen molar-refractivity contribution in [1.82, 2.24) is 0 Å². The second kappa shape index (κ2) is 6.81. The molecule has 2 aromatic carbocycles. The van der Waals surface area contributed by atoms with Gasteiger partial charge in [0.15, 0.2) is 0 Å². The summed E-state index contributed by atoms with van der Waals surface area (Å²) in [5, 5.41) is 0. The van der Waals surface area contributed by atoms with Gasteiger partial charge in [0.25, 0.3) is 0 Å². The van der Waals surface area contributed by atoms with Crippen molar-refractivity contribution in [3.05, 3.63) is 53.0 Å². The van der Waals surface area contributed by atoms with Crippen LogP contribution in [-0.2, 0) is 4.79 Å². The normalized spacial score (nSPS) is 10.3. The molecule has 0 atom stereocenters. The van der Waals surface area contributed by atoms with Crippen LogP contribution in [0.5, 0.6) is 0 Å². The van der Waals surface area contributed by atoms with Crippen molar-refractivity contribution >= 4 is 45.0 Å². The van der Waals surface area contributed by atoms with E-state index in [0.717, 1.165) is 15.1 Å². The zero-order valence-electron chi connectivity index (χ0n) is 11.0. The Morgan fingerprint density at radius 2 is 1.95 bits per heavy atom. The van der Waals surface area contributed by atoms with E-state index in [2.05, 4.69) is 15.9 Å². The maximum Gasteiger partial charge on any atom is 0.237 e. The molecule has 0 aliphatic heterocycles. The predicted octanol–water partition coefficient (Wildman–Crippen LogP) is 3.79. The number of hydrogen-bond acceptors (Lipinski definition) is 3. The number of nitrogens with zero attached hydrogens (tertiary/aromatic N) is 1. The zero-order valence-corrected chi connectivity index (χ0v) is 13.4. The van der Waals surface area contributed by atoms with Crippen LogP contribution in [0.3, 0.4) is 0 Å². The Labute approximate surface area is 131 Å². The highest BCUT2D eigenvalue weighted by atomic mass is 79.9. The molecule has 2 rings (SSSR count). The number of anilines is 2. The van der Waals surface area contributed by atoms with Crippen molar-refractivity contribution in [3.63, 3.8) is 0 Å². The van der Waals surface area contributed by atoms with Crippen molar-refractivity contribution in [1.29, 1.82) is 0 Å². The lowest BCUT2D eigenvalue weighted by Crippen LogP contribution is -2.27. The minimum Gasteiger partial charge on any atom is -0.398 e. The number of benzene rings is 2. The minimum absolute atomic E-state index is 0.0449. The Morgan fingerprint density at radius 3 is 2.60 bits per heavy atom. The largest absolute Gasteiger partial charge is 0.398 e. The van der Waals surface area contributed by atoms with Gasteiger partial charge < -0.3 is 10.6 Å². The van der Waals surface area contributed by atoms with Gasteiger partial charge in [-0.15, -0.1) is 11.8 Å². The molecule has 0 aliphatic rings. The monoisotopic (exact) mass is 350 g/mol. The lowest BCUT2D eigenvalue weighted by atomic mass is 10.3. The van der Waals surface area contributed by atoms with Gasteiger partial charge in [0, 0.05) is 27.8 Å². The number of rotatable bonds is 4. The second-order valence-corrected chi connectivity index (χ2v) is 6.19. The molecule has 0 bridgehead atoms. The first-order valence-electron chi connectivity index (χ1n) is 6.07. The number of para-hydroxylation sites is 1. The average molecular weight is 351 g/mol. The van der Waals surface area contributed by atoms with Gasteiger partial charge in [-0.3, -0.25) is 4.79 Å².